The van der Waals surface area contributed by atoms with E-state index in [0.717, 1.165) is 18.4 Å². The zero-order chi connectivity index (χ0) is 15.0. The smallest absolute Gasteiger partial charge is 0.310 e. The second-order valence-corrected chi connectivity index (χ2v) is 5.07. The van der Waals surface area contributed by atoms with Gasteiger partial charge >= 0.3 is 5.97 Å². The van der Waals surface area contributed by atoms with Gasteiger partial charge in [-0.05, 0) is 24.1 Å². The van der Waals surface area contributed by atoms with Crippen molar-refractivity contribution >= 4 is 23.5 Å². The number of esters is 1. The van der Waals surface area contributed by atoms with E-state index in [0.29, 0.717) is 11.6 Å². The number of benzene rings is 1. The summed E-state index contributed by atoms with van der Waals surface area (Å²) >= 11 is 5.76. The Balaban J connectivity index is 2.32. The van der Waals surface area contributed by atoms with Gasteiger partial charge in [0.2, 0.25) is 0 Å². The summed E-state index contributed by atoms with van der Waals surface area (Å²) in [5, 5.41) is 0.620. The molecule has 1 amide bonds. The molecule has 1 aromatic rings. The predicted octanol–water partition coefficient (Wildman–Crippen LogP) is 2.68. The highest BCUT2D eigenvalue weighted by atomic mass is 35.5. The van der Waals surface area contributed by atoms with Crippen LogP contribution in [-0.4, -0.2) is 37.0 Å². The van der Waals surface area contributed by atoms with Gasteiger partial charge in [0.25, 0.3) is 5.91 Å². The standard InChI is InChI=1S/C15H20ClNO3/c1-3-4-9-17(2)14(18)11-20-15(19)10-12-5-7-13(16)8-6-12/h5-8H,3-4,9-11H2,1-2H3. The Morgan fingerprint density at radius 3 is 2.50 bits per heavy atom. The number of carbonyl (C=O) groups is 2. The molecule has 20 heavy (non-hydrogen) atoms. The Morgan fingerprint density at radius 1 is 1.25 bits per heavy atom. The van der Waals surface area contributed by atoms with Gasteiger partial charge in [0.15, 0.2) is 6.61 Å². The maximum Gasteiger partial charge on any atom is 0.310 e. The monoisotopic (exact) mass is 297 g/mol. The van der Waals surface area contributed by atoms with E-state index in [2.05, 4.69) is 6.92 Å². The molecular weight excluding hydrogens is 278 g/mol. The predicted molar refractivity (Wildman–Crippen MR) is 78.7 cm³/mol. The van der Waals surface area contributed by atoms with Crippen LogP contribution in [0.4, 0.5) is 0 Å². The number of nitrogens with zero attached hydrogens (tertiary/aromatic N) is 1. The Bertz CT molecular complexity index is 445. The molecule has 0 radical (unpaired) electrons. The van der Waals surface area contributed by atoms with Crippen molar-refractivity contribution in [2.45, 2.75) is 26.2 Å². The Kier molecular flexibility index (Phi) is 7.09. The van der Waals surface area contributed by atoms with Gasteiger partial charge in [0.05, 0.1) is 6.42 Å². The van der Waals surface area contributed by atoms with Gasteiger partial charge in [-0.25, -0.2) is 0 Å². The fraction of sp³-hybridized carbons (Fsp3) is 0.467. The zero-order valence-electron chi connectivity index (χ0n) is 11.9. The van der Waals surface area contributed by atoms with Crippen molar-refractivity contribution in [2.75, 3.05) is 20.2 Å². The highest BCUT2D eigenvalue weighted by Gasteiger charge is 2.12. The van der Waals surface area contributed by atoms with Crippen LogP contribution in [0.2, 0.25) is 5.02 Å². The molecule has 0 aromatic heterocycles. The molecule has 1 rings (SSSR count). The molecule has 4 nitrogen and oxygen atoms in total. The first-order valence-corrected chi connectivity index (χ1v) is 7.04. The second kappa shape index (κ2) is 8.59. The summed E-state index contributed by atoms with van der Waals surface area (Å²) in [7, 11) is 1.71. The second-order valence-electron chi connectivity index (χ2n) is 4.63. The minimum absolute atomic E-state index is 0.142. The summed E-state index contributed by atoms with van der Waals surface area (Å²) in [4.78, 5) is 24.9. The quantitative estimate of drug-likeness (QED) is 0.727. The molecular formula is C15H20ClNO3. The van der Waals surface area contributed by atoms with Crippen molar-refractivity contribution in [1.29, 1.82) is 0 Å². The van der Waals surface area contributed by atoms with Crippen LogP contribution in [-0.2, 0) is 20.7 Å². The molecule has 0 heterocycles. The van der Waals surface area contributed by atoms with Gasteiger partial charge in [-0.1, -0.05) is 37.1 Å². The molecule has 0 atom stereocenters. The lowest BCUT2D eigenvalue weighted by atomic mass is 10.1. The summed E-state index contributed by atoms with van der Waals surface area (Å²) in [5.41, 5.74) is 0.811. The van der Waals surface area contributed by atoms with Crippen LogP contribution >= 0.6 is 11.6 Å². The van der Waals surface area contributed by atoms with E-state index in [1.807, 2.05) is 0 Å². The first-order valence-electron chi connectivity index (χ1n) is 6.67. The Hall–Kier alpha value is -1.55. The number of likely N-dealkylation sites (N-methyl/N-ethyl adjacent to an activating group) is 1. The van der Waals surface area contributed by atoms with Crippen LogP contribution in [0.3, 0.4) is 0 Å². The fourth-order valence-corrected chi connectivity index (χ4v) is 1.72. The van der Waals surface area contributed by atoms with Crippen LogP contribution in [0.1, 0.15) is 25.3 Å². The third-order valence-corrected chi connectivity index (χ3v) is 3.14. The highest BCUT2D eigenvalue weighted by Crippen LogP contribution is 2.10. The summed E-state index contributed by atoms with van der Waals surface area (Å²) in [6.45, 7) is 2.54. The van der Waals surface area contributed by atoms with Crippen molar-refractivity contribution in [3.63, 3.8) is 0 Å². The summed E-state index contributed by atoms with van der Waals surface area (Å²) in [6, 6.07) is 6.96. The highest BCUT2D eigenvalue weighted by molar-refractivity contribution is 6.30. The van der Waals surface area contributed by atoms with Crippen LogP contribution in [0.25, 0.3) is 0 Å². The van der Waals surface area contributed by atoms with Crippen LogP contribution in [0, 0.1) is 0 Å². The zero-order valence-corrected chi connectivity index (χ0v) is 12.7. The number of ether oxygens (including phenoxy) is 1. The molecule has 5 heteroatoms. The third kappa shape index (κ3) is 6.06. The maximum atomic E-state index is 11.7. The fourth-order valence-electron chi connectivity index (χ4n) is 1.59. The minimum atomic E-state index is -0.412. The third-order valence-electron chi connectivity index (χ3n) is 2.89. The number of rotatable bonds is 7. The maximum absolute atomic E-state index is 11.7. The average molecular weight is 298 g/mol. The number of hydrogen-bond donors (Lipinski definition) is 0. The molecule has 0 spiro atoms. The van der Waals surface area contributed by atoms with Gasteiger partial charge in [0, 0.05) is 18.6 Å². The number of hydrogen-bond acceptors (Lipinski definition) is 3. The Morgan fingerprint density at radius 2 is 1.90 bits per heavy atom. The van der Waals surface area contributed by atoms with Crippen molar-refractivity contribution in [3.8, 4) is 0 Å². The lowest BCUT2D eigenvalue weighted by molar-refractivity contribution is -0.151. The van der Waals surface area contributed by atoms with Crippen molar-refractivity contribution in [3.05, 3.63) is 34.9 Å². The van der Waals surface area contributed by atoms with Crippen molar-refractivity contribution in [2.24, 2.45) is 0 Å². The van der Waals surface area contributed by atoms with Crippen LogP contribution < -0.4 is 0 Å². The van der Waals surface area contributed by atoms with E-state index < -0.39 is 5.97 Å². The van der Waals surface area contributed by atoms with Crippen molar-refractivity contribution in [1.82, 2.24) is 4.90 Å². The van der Waals surface area contributed by atoms with E-state index in [1.165, 1.54) is 0 Å². The number of halogens is 1. The summed E-state index contributed by atoms with van der Waals surface area (Å²) < 4.78 is 4.98. The number of amides is 1. The first-order chi connectivity index (χ1) is 9.52. The van der Waals surface area contributed by atoms with E-state index in [9.17, 15) is 9.59 Å². The van der Waals surface area contributed by atoms with E-state index >= 15 is 0 Å². The van der Waals surface area contributed by atoms with E-state index in [4.69, 9.17) is 16.3 Å². The molecule has 0 aliphatic carbocycles. The molecule has 0 aliphatic rings. The lowest BCUT2D eigenvalue weighted by Gasteiger charge is -2.16. The molecule has 1 aromatic carbocycles. The first kappa shape index (κ1) is 16.5. The average Bonchev–Trinajstić information content (AvgIpc) is 2.44. The van der Waals surface area contributed by atoms with Crippen LogP contribution in [0.15, 0.2) is 24.3 Å². The molecule has 0 bridgehead atoms. The summed E-state index contributed by atoms with van der Waals surface area (Å²) in [5.74, 6) is -0.590. The molecule has 0 aliphatic heterocycles. The molecule has 0 fully saturated rings. The van der Waals surface area contributed by atoms with Crippen LogP contribution in [0.5, 0.6) is 0 Å². The molecule has 110 valence electrons. The molecule has 0 saturated heterocycles. The minimum Gasteiger partial charge on any atom is -0.455 e. The topological polar surface area (TPSA) is 46.6 Å². The van der Waals surface area contributed by atoms with Gasteiger partial charge < -0.3 is 9.64 Å². The van der Waals surface area contributed by atoms with Crippen molar-refractivity contribution < 1.29 is 14.3 Å². The SMILES string of the molecule is CCCCN(C)C(=O)COC(=O)Cc1ccc(Cl)cc1. The van der Waals surface area contributed by atoms with E-state index in [-0.39, 0.29) is 18.9 Å². The molecule has 0 N–H and O–H groups in total. The number of unbranched alkanes of at least 4 members (excludes halogenated alkanes) is 1. The summed E-state index contributed by atoms with van der Waals surface area (Å²) in [6.07, 6.45) is 2.11. The van der Waals surface area contributed by atoms with E-state index in [1.54, 1.807) is 36.2 Å². The number of carbonyl (C=O) groups excluding carboxylic acids is 2. The Labute approximate surface area is 124 Å². The molecule has 0 saturated carbocycles. The van der Waals surface area contributed by atoms with Gasteiger partial charge in [-0.2, -0.15) is 0 Å². The largest absolute Gasteiger partial charge is 0.455 e. The molecule has 0 unspecified atom stereocenters. The normalized spacial score (nSPS) is 10.2. The van der Waals surface area contributed by atoms with Gasteiger partial charge in [0.1, 0.15) is 0 Å². The van der Waals surface area contributed by atoms with Gasteiger partial charge in [-0.15, -0.1) is 0 Å². The lowest BCUT2D eigenvalue weighted by Crippen LogP contribution is -2.32. The van der Waals surface area contributed by atoms with Gasteiger partial charge in [-0.3, -0.25) is 9.59 Å².